The molecule has 0 saturated heterocycles. The van der Waals surface area contributed by atoms with Gasteiger partial charge in [0.05, 0.1) is 5.52 Å². The summed E-state index contributed by atoms with van der Waals surface area (Å²) >= 11 is 0. The molecular formula is C9H8N2O. The molecule has 0 radical (unpaired) electrons. The molecule has 1 aromatic carbocycles. The molecule has 0 bridgehead atoms. The normalized spacial score (nSPS) is 10.3. The smallest absolute Gasteiger partial charge is 0.323 e. The second-order valence-corrected chi connectivity index (χ2v) is 2.58. The van der Waals surface area contributed by atoms with Crippen LogP contribution in [0, 0.1) is 0 Å². The molecule has 3 heteroatoms. The third kappa shape index (κ3) is 0.871. The van der Waals surface area contributed by atoms with Crippen molar-refractivity contribution in [3.05, 3.63) is 36.5 Å². The van der Waals surface area contributed by atoms with E-state index in [1.54, 1.807) is 6.20 Å². The van der Waals surface area contributed by atoms with Crippen LogP contribution >= 0.6 is 0 Å². The van der Waals surface area contributed by atoms with Crippen molar-refractivity contribution in [2.45, 2.75) is 0 Å². The fourth-order valence-electron chi connectivity index (χ4n) is 1.28. The van der Waals surface area contributed by atoms with Gasteiger partial charge < -0.3 is 5.73 Å². The number of amides is 1. The summed E-state index contributed by atoms with van der Waals surface area (Å²) in [5.74, 6) is 0. The number of rotatable bonds is 0. The number of hydrogen-bond acceptors (Lipinski definition) is 1. The van der Waals surface area contributed by atoms with Gasteiger partial charge in [0.1, 0.15) is 0 Å². The zero-order valence-corrected chi connectivity index (χ0v) is 6.40. The van der Waals surface area contributed by atoms with Crippen LogP contribution in [0.5, 0.6) is 0 Å². The minimum Gasteiger partial charge on any atom is -0.351 e. The van der Waals surface area contributed by atoms with Crippen LogP contribution in [0.25, 0.3) is 10.9 Å². The maximum atomic E-state index is 10.9. The van der Waals surface area contributed by atoms with Gasteiger partial charge in [-0.1, -0.05) is 18.2 Å². The molecule has 60 valence electrons. The standard InChI is InChI=1S/C9H8N2O/c10-9(12)11-6-5-7-3-1-2-4-8(7)11/h1-6H,(H2,10,12). The Bertz CT molecular complexity index is 431. The molecule has 1 heterocycles. The molecule has 0 aliphatic rings. The summed E-state index contributed by atoms with van der Waals surface area (Å²) < 4.78 is 1.43. The fourth-order valence-corrected chi connectivity index (χ4v) is 1.28. The molecule has 1 aromatic heterocycles. The van der Waals surface area contributed by atoms with Crippen molar-refractivity contribution in [3.8, 4) is 0 Å². The van der Waals surface area contributed by atoms with Crippen molar-refractivity contribution < 1.29 is 4.79 Å². The highest BCUT2D eigenvalue weighted by molar-refractivity contribution is 5.90. The lowest BCUT2D eigenvalue weighted by molar-refractivity contribution is 0.251. The largest absolute Gasteiger partial charge is 0.351 e. The Morgan fingerprint density at radius 3 is 2.75 bits per heavy atom. The van der Waals surface area contributed by atoms with Crippen LogP contribution in [-0.4, -0.2) is 10.6 Å². The van der Waals surface area contributed by atoms with Crippen molar-refractivity contribution >= 4 is 16.9 Å². The van der Waals surface area contributed by atoms with Gasteiger partial charge in [-0.05, 0) is 12.1 Å². The van der Waals surface area contributed by atoms with E-state index in [1.165, 1.54) is 4.57 Å². The van der Waals surface area contributed by atoms with E-state index in [1.807, 2.05) is 30.3 Å². The van der Waals surface area contributed by atoms with Gasteiger partial charge in [-0.3, -0.25) is 4.57 Å². The van der Waals surface area contributed by atoms with Crippen molar-refractivity contribution in [1.29, 1.82) is 0 Å². The lowest BCUT2D eigenvalue weighted by Crippen LogP contribution is -2.17. The highest BCUT2D eigenvalue weighted by Gasteiger charge is 2.02. The molecule has 3 nitrogen and oxygen atoms in total. The Morgan fingerprint density at radius 1 is 1.25 bits per heavy atom. The van der Waals surface area contributed by atoms with E-state index in [0.717, 1.165) is 10.9 Å². The van der Waals surface area contributed by atoms with Gasteiger partial charge in [-0.15, -0.1) is 0 Å². The quantitative estimate of drug-likeness (QED) is 0.624. The molecule has 0 spiro atoms. The van der Waals surface area contributed by atoms with Crippen LogP contribution in [0.3, 0.4) is 0 Å². The number of hydrogen-bond donors (Lipinski definition) is 1. The summed E-state index contributed by atoms with van der Waals surface area (Å²) in [6, 6.07) is 9.01. The predicted octanol–water partition coefficient (Wildman–Crippen LogP) is 1.57. The molecule has 2 N–H and O–H groups in total. The average Bonchev–Trinajstić information content (AvgIpc) is 2.47. The van der Waals surface area contributed by atoms with E-state index in [4.69, 9.17) is 5.73 Å². The summed E-state index contributed by atoms with van der Waals surface area (Å²) in [6.45, 7) is 0. The van der Waals surface area contributed by atoms with Crippen LogP contribution < -0.4 is 5.73 Å². The molecule has 0 fully saturated rings. The van der Waals surface area contributed by atoms with Gasteiger partial charge >= 0.3 is 6.03 Å². The number of primary amides is 1. The predicted molar refractivity (Wildman–Crippen MR) is 46.9 cm³/mol. The Morgan fingerprint density at radius 2 is 2.00 bits per heavy atom. The van der Waals surface area contributed by atoms with Crippen molar-refractivity contribution in [2.24, 2.45) is 5.73 Å². The summed E-state index contributed by atoms with van der Waals surface area (Å²) in [5.41, 5.74) is 6.00. The summed E-state index contributed by atoms with van der Waals surface area (Å²) in [6.07, 6.45) is 1.67. The summed E-state index contributed by atoms with van der Waals surface area (Å²) in [4.78, 5) is 10.9. The molecule has 2 rings (SSSR count). The van der Waals surface area contributed by atoms with Gasteiger partial charge in [-0.25, -0.2) is 4.79 Å². The Kier molecular flexibility index (Phi) is 1.37. The Hall–Kier alpha value is -1.77. The lowest BCUT2D eigenvalue weighted by atomic mass is 10.2. The van der Waals surface area contributed by atoms with Crippen LogP contribution in [0.4, 0.5) is 4.79 Å². The van der Waals surface area contributed by atoms with E-state index < -0.39 is 6.03 Å². The zero-order chi connectivity index (χ0) is 8.55. The maximum Gasteiger partial charge on any atom is 0.323 e. The van der Waals surface area contributed by atoms with Gasteiger partial charge in [0.15, 0.2) is 0 Å². The Balaban J connectivity index is 2.79. The van der Waals surface area contributed by atoms with Gasteiger partial charge in [0, 0.05) is 11.6 Å². The first-order chi connectivity index (χ1) is 5.79. The number of fused-ring (bicyclic) bond motifs is 1. The highest BCUT2D eigenvalue weighted by Crippen LogP contribution is 2.13. The number of para-hydroxylation sites is 1. The van der Waals surface area contributed by atoms with E-state index >= 15 is 0 Å². The first kappa shape index (κ1) is 6.91. The first-order valence-corrected chi connectivity index (χ1v) is 3.65. The molecule has 0 aliphatic heterocycles. The fraction of sp³-hybridized carbons (Fsp3) is 0. The van der Waals surface area contributed by atoms with Crippen LogP contribution in [0.1, 0.15) is 0 Å². The maximum absolute atomic E-state index is 10.9. The molecule has 0 aliphatic carbocycles. The monoisotopic (exact) mass is 160 g/mol. The summed E-state index contributed by atoms with van der Waals surface area (Å²) in [7, 11) is 0. The third-order valence-corrected chi connectivity index (χ3v) is 1.84. The minimum absolute atomic E-state index is 0.448. The molecule has 0 saturated carbocycles. The minimum atomic E-state index is -0.448. The third-order valence-electron chi connectivity index (χ3n) is 1.84. The van der Waals surface area contributed by atoms with E-state index in [9.17, 15) is 4.79 Å². The molecule has 2 aromatic rings. The second-order valence-electron chi connectivity index (χ2n) is 2.58. The van der Waals surface area contributed by atoms with Gasteiger partial charge in [0.2, 0.25) is 0 Å². The number of carbonyl (C=O) groups excluding carboxylic acids is 1. The van der Waals surface area contributed by atoms with Crippen LogP contribution in [-0.2, 0) is 0 Å². The zero-order valence-electron chi connectivity index (χ0n) is 6.40. The second kappa shape index (κ2) is 2.37. The van der Waals surface area contributed by atoms with Crippen LogP contribution in [0.2, 0.25) is 0 Å². The molecular weight excluding hydrogens is 152 g/mol. The first-order valence-electron chi connectivity index (χ1n) is 3.65. The molecule has 0 atom stereocenters. The van der Waals surface area contributed by atoms with Crippen LogP contribution in [0.15, 0.2) is 36.5 Å². The number of carbonyl (C=O) groups is 1. The average molecular weight is 160 g/mol. The van der Waals surface area contributed by atoms with Crippen molar-refractivity contribution in [3.63, 3.8) is 0 Å². The van der Waals surface area contributed by atoms with E-state index in [2.05, 4.69) is 0 Å². The number of nitrogens with zero attached hydrogens (tertiary/aromatic N) is 1. The lowest BCUT2D eigenvalue weighted by Gasteiger charge is -1.96. The van der Waals surface area contributed by atoms with Crippen molar-refractivity contribution in [2.75, 3.05) is 0 Å². The van der Waals surface area contributed by atoms with Gasteiger partial charge in [-0.2, -0.15) is 0 Å². The summed E-state index contributed by atoms with van der Waals surface area (Å²) in [5, 5.41) is 1.02. The van der Waals surface area contributed by atoms with Crippen molar-refractivity contribution in [1.82, 2.24) is 4.57 Å². The Labute approximate surface area is 69.4 Å². The molecule has 1 amide bonds. The number of aromatic nitrogens is 1. The molecule has 12 heavy (non-hydrogen) atoms. The molecule has 0 unspecified atom stereocenters. The SMILES string of the molecule is NC(=O)n1ccc2ccccc21. The topological polar surface area (TPSA) is 48.0 Å². The van der Waals surface area contributed by atoms with E-state index in [0.29, 0.717) is 0 Å². The number of nitrogens with two attached hydrogens (primary N) is 1. The number of benzene rings is 1. The van der Waals surface area contributed by atoms with Gasteiger partial charge in [0.25, 0.3) is 0 Å². The highest BCUT2D eigenvalue weighted by atomic mass is 16.2. The van der Waals surface area contributed by atoms with E-state index in [-0.39, 0.29) is 0 Å².